The lowest BCUT2D eigenvalue weighted by molar-refractivity contribution is 0.141. The molecule has 0 spiro atoms. The van der Waals surface area contributed by atoms with Gasteiger partial charge in [-0.1, -0.05) is 22.4 Å². The molecule has 1 fully saturated rings. The molecule has 19 heavy (non-hydrogen) atoms. The highest BCUT2D eigenvalue weighted by Gasteiger charge is 2.32. The average Bonchev–Trinajstić information content (AvgIpc) is 2.54. The van der Waals surface area contributed by atoms with E-state index < -0.39 is 0 Å². The van der Waals surface area contributed by atoms with Crippen molar-refractivity contribution in [2.24, 2.45) is 5.73 Å². The Labute approximate surface area is 123 Å². The normalized spacial score (nSPS) is 25.6. The molecule has 4 heteroatoms. The highest BCUT2D eigenvalue weighted by atomic mass is 79.9. The van der Waals surface area contributed by atoms with Crippen LogP contribution in [0.3, 0.4) is 0 Å². The number of hydrogen-bond acceptors (Lipinski definition) is 2. The Hall–Kier alpha value is -0.450. The second-order valence-corrected chi connectivity index (χ2v) is 6.52. The third-order valence-electron chi connectivity index (χ3n) is 3.91. The molecule has 1 aromatic rings. The van der Waals surface area contributed by atoms with Crippen molar-refractivity contribution in [2.45, 2.75) is 51.2 Å². The maximum atomic E-state index is 14.2. The fraction of sp³-hybridized carbons (Fsp3) is 0.600. The summed E-state index contributed by atoms with van der Waals surface area (Å²) in [5.74, 6) is -0.156. The fourth-order valence-corrected chi connectivity index (χ4v) is 3.33. The van der Waals surface area contributed by atoms with Crippen molar-refractivity contribution in [3.05, 3.63) is 34.1 Å². The number of benzene rings is 1. The first-order valence-corrected chi connectivity index (χ1v) is 7.76. The highest BCUT2D eigenvalue weighted by molar-refractivity contribution is 9.10. The number of halogens is 2. The fourth-order valence-electron chi connectivity index (χ4n) is 2.95. The van der Waals surface area contributed by atoms with Crippen LogP contribution >= 0.6 is 15.9 Å². The summed E-state index contributed by atoms with van der Waals surface area (Å²) < 4.78 is 15.1. The smallest absolute Gasteiger partial charge is 0.128 e. The van der Waals surface area contributed by atoms with Gasteiger partial charge < -0.3 is 5.73 Å². The van der Waals surface area contributed by atoms with Crippen LogP contribution in [0.2, 0.25) is 0 Å². The van der Waals surface area contributed by atoms with E-state index in [1.165, 1.54) is 6.07 Å². The number of likely N-dealkylation sites (tertiary alicyclic amines) is 1. The monoisotopic (exact) mass is 328 g/mol. The number of nitrogens with zero attached hydrogens (tertiary/aromatic N) is 1. The number of rotatable bonds is 2. The molecule has 0 radical (unpaired) electrons. The molecule has 1 aliphatic rings. The van der Waals surface area contributed by atoms with Crippen molar-refractivity contribution in [2.75, 3.05) is 6.54 Å². The van der Waals surface area contributed by atoms with Crippen molar-refractivity contribution in [1.82, 2.24) is 4.90 Å². The van der Waals surface area contributed by atoms with Crippen LogP contribution in [-0.2, 0) is 0 Å². The van der Waals surface area contributed by atoms with E-state index in [4.69, 9.17) is 5.73 Å². The summed E-state index contributed by atoms with van der Waals surface area (Å²) in [7, 11) is 0. The second-order valence-electron chi connectivity index (χ2n) is 5.60. The summed E-state index contributed by atoms with van der Waals surface area (Å²) in [6, 6.07) is 5.47. The molecule has 0 bridgehead atoms. The van der Waals surface area contributed by atoms with Crippen LogP contribution in [0, 0.1) is 5.82 Å². The first-order valence-electron chi connectivity index (χ1n) is 6.97. The molecule has 0 aromatic heterocycles. The van der Waals surface area contributed by atoms with E-state index in [9.17, 15) is 4.39 Å². The minimum Gasteiger partial charge on any atom is -0.326 e. The SMILES string of the molecule is CC(C)N1CCCCC(N)C1c1cc(Br)ccc1F. The first-order chi connectivity index (χ1) is 9.00. The lowest BCUT2D eigenvalue weighted by Gasteiger charge is -2.37. The standard InChI is InChI=1S/C15H22BrFN2/c1-10(2)19-8-4-3-5-14(18)15(19)12-9-11(16)6-7-13(12)17/h6-7,9-10,14-15H,3-5,8,18H2,1-2H3. The van der Waals surface area contributed by atoms with E-state index in [0.717, 1.165) is 35.8 Å². The van der Waals surface area contributed by atoms with Crippen LogP contribution in [0.25, 0.3) is 0 Å². The predicted molar refractivity (Wildman–Crippen MR) is 80.5 cm³/mol. The summed E-state index contributed by atoms with van der Waals surface area (Å²) in [4.78, 5) is 2.34. The van der Waals surface area contributed by atoms with Gasteiger partial charge in [-0.05, 0) is 51.4 Å². The third-order valence-corrected chi connectivity index (χ3v) is 4.40. The van der Waals surface area contributed by atoms with Gasteiger partial charge in [0, 0.05) is 22.1 Å². The molecule has 0 aliphatic carbocycles. The lowest BCUT2D eigenvalue weighted by Crippen LogP contribution is -2.43. The molecule has 1 saturated heterocycles. The van der Waals surface area contributed by atoms with E-state index in [1.807, 2.05) is 6.07 Å². The Balaban J connectivity index is 2.43. The number of nitrogens with two attached hydrogens (primary N) is 1. The summed E-state index contributed by atoms with van der Waals surface area (Å²) in [6.45, 7) is 5.30. The van der Waals surface area contributed by atoms with Gasteiger partial charge >= 0.3 is 0 Å². The first kappa shape index (κ1) is 14.9. The van der Waals surface area contributed by atoms with E-state index in [1.54, 1.807) is 6.07 Å². The Morgan fingerprint density at radius 2 is 2.11 bits per heavy atom. The number of hydrogen-bond donors (Lipinski definition) is 1. The third kappa shape index (κ3) is 3.36. The van der Waals surface area contributed by atoms with Gasteiger partial charge in [0.05, 0.1) is 6.04 Å². The molecule has 2 unspecified atom stereocenters. The summed E-state index contributed by atoms with van der Waals surface area (Å²) in [5.41, 5.74) is 7.05. The van der Waals surface area contributed by atoms with Gasteiger partial charge in [-0.3, -0.25) is 4.90 Å². The van der Waals surface area contributed by atoms with Crippen LogP contribution in [0.5, 0.6) is 0 Å². The van der Waals surface area contributed by atoms with Crippen LogP contribution in [0.4, 0.5) is 4.39 Å². The van der Waals surface area contributed by atoms with Crippen LogP contribution in [-0.4, -0.2) is 23.5 Å². The van der Waals surface area contributed by atoms with Crippen molar-refractivity contribution < 1.29 is 4.39 Å². The zero-order valence-corrected chi connectivity index (χ0v) is 13.2. The maximum absolute atomic E-state index is 14.2. The summed E-state index contributed by atoms with van der Waals surface area (Å²) in [5, 5.41) is 0. The molecule has 0 amide bonds. The zero-order chi connectivity index (χ0) is 14.0. The van der Waals surface area contributed by atoms with Crippen molar-refractivity contribution in [3.63, 3.8) is 0 Å². The Morgan fingerprint density at radius 3 is 2.79 bits per heavy atom. The van der Waals surface area contributed by atoms with E-state index in [2.05, 4.69) is 34.7 Å². The molecular weight excluding hydrogens is 307 g/mol. The predicted octanol–water partition coefficient (Wildman–Crippen LogP) is 3.85. The second kappa shape index (κ2) is 6.33. The van der Waals surface area contributed by atoms with Gasteiger partial charge in [0.1, 0.15) is 5.82 Å². The molecular formula is C15H22BrFN2. The largest absolute Gasteiger partial charge is 0.326 e. The topological polar surface area (TPSA) is 29.3 Å². The van der Waals surface area contributed by atoms with Crippen LogP contribution < -0.4 is 5.73 Å². The highest BCUT2D eigenvalue weighted by Crippen LogP contribution is 2.33. The average molecular weight is 329 g/mol. The van der Waals surface area contributed by atoms with E-state index >= 15 is 0 Å². The summed E-state index contributed by atoms with van der Waals surface area (Å²) >= 11 is 3.43. The van der Waals surface area contributed by atoms with Crippen molar-refractivity contribution in [3.8, 4) is 0 Å². The molecule has 0 saturated carbocycles. The molecule has 2 nitrogen and oxygen atoms in total. The van der Waals surface area contributed by atoms with Crippen LogP contribution in [0.1, 0.15) is 44.7 Å². The molecule has 1 aliphatic heterocycles. The lowest BCUT2D eigenvalue weighted by atomic mass is 9.95. The van der Waals surface area contributed by atoms with Gasteiger partial charge in [0.2, 0.25) is 0 Å². The molecule has 2 atom stereocenters. The van der Waals surface area contributed by atoms with Gasteiger partial charge in [0.15, 0.2) is 0 Å². The van der Waals surface area contributed by atoms with Crippen molar-refractivity contribution in [1.29, 1.82) is 0 Å². The Morgan fingerprint density at radius 1 is 1.37 bits per heavy atom. The Kier molecular flexibility index (Phi) is 4.98. The van der Waals surface area contributed by atoms with Gasteiger partial charge in [-0.2, -0.15) is 0 Å². The van der Waals surface area contributed by atoms with Crippen LogP contribution in [0.15, 0.2) is 22.7 Å². The Bertz CT molecular complexity index is 436. The molecule has 1 heterocycles. The van der Waals surface area contributed by atoms with Gasteiger partial charge in [0.25, 0.3) is 0 Å². The maximum Gasteiger partial charge on any atom is 0.128 e. The minimum absolute atomic E-state index is 0.00583. The zero-order valence-electron chi connectivity index (χ0n) is 11.6. The van der Waals surface area contributed by atoms with Gasteiger partial charge in [-0.25, -0.2) is 4.39 Å². The quantitative estimate of drug-likeness (QED) is 0.893. The minimum atomic E-state index is -0.156. The molecule has 2 rings (SSSR count). The molecule has 1 aromatic carbocycles. The van der Waals surface area contributed by atoms with Crippen molar-refractivity contribution >= 4 is 15.9 Å². The van der Waals surface area contributed by atoms with E-state index in [0.29, 0.717) is 6.04 Å². The molecule has 2 N–H and O–H groups in total. The van der Waals surface area contributed by atoms with E-state index in [-0.39, 0.29) is 17.9 Å². The molecule has 106 valence electrons. The summed E-state index contributed by atoms with van der Waals surface area (Å²) in [6.07, 6.45) is 3.22. The van der Waals surface area contributed by atoms with Gasteiger partial charge in [-0.15, -0.1) is 0 Å².